The summed E-state index contributed by atoms with van der Waals surface area (Å²) in [6, 6.07) is 21.1. The van der Waals surface area contributed by atoms with Crippen LogP contribution in [0.25, 0.3) is 10.8 Å². The molecule has 9 nitrogen and oxygen atoms in total. The number of rotatable bonds is 4. The predicted octanol–water partition coefficient (Wildman–Crippen LogP) is 4.68. The second-order valence-electron chi connectivity index (χ2n) is 6.37. The average molecular weight is 407 g/mol. The van der Waals surface area contributed by atoms with Gasteiger partial charge in [0.15, 0.2) is 17.1 Å². The molecule has 0 saturated carbocycles. The predicted molar refractivity (Wildman–Crippen MR) is 112 cm³/mol. The fourth-order valence-electron chi connectivity index (χ4n) is 2.98. The molecular weight excluding hydrogens is 394 g/mol. The van der Waals surface area contributed by atoms with Crippen LogP contribution in [0.3, 0.4) is 0 Å². The lowest BCUT2D eigenvalue weighted by molar-refractivity contribution is 0.102. The molecule has 1 heterocycles. The second kappa shape index (κ2) is 8.15. The minimum atomic E-state index is -0.512. The fourth-order valence-corrected chi connectivity index (χ4v) is 2.98. The third-order valence-electron chi connectivity index (χ3n) is 4.43. The Labute approximate surface area is 175 Å². The third-order valence-corrected chi connectivity index (χ3v) is 4.43. The Bertz CT molecular complexity index is 1380. The number of phenolic OH excluding ortho intramolecular Hbond substituents is 1. The van der Waals surface area contributed by atoms with E-state index in [4.69, 9.17) is 10.5 Å². The van der Waals surface area contributed by atoms with Crippen molar-refractivity contribution in [2.75, 3.05) is 5.32 Å². The highest BCUT2D eigenvalue weighted by Crippen LogP contribution is 2.39. The number of phenols is 1. The number of aromatic hydroxyl groups is 1. The quantitative estimate of drug-likeness (QED) is 0.420. The summed E-state index contributed by atoms with van der Waals surface area (Å²) >= 11 is 0. The molecule has 0 radical (unpaired) electrons. The Morgan fingerprint density at radius 3 is 2.48 bits per heavy atom. The Morgan fingerprint density at radius 1 is 1.03 bits per heavy atom. The molecule has 4 rings (SSSR count). The van der Waals surface area contributed by atoms with Gasteiger partial charge < -0.3 is 15.4 Å². The van der Waals surface area contributed by atoms with Crippen molar-refractivity contribution >= 4 is 34.0 Å². The van der Waals surface area contributed by atoms with Gasteiger partial charge in [-0.2, -0.15) is 15.5 Å². The van der Waals surface area contributed by atoms with Crippen LogP contribution in [-0.4, -0.2) is 21.0 Å². The van der Waals surface area contributed by atoms with Crippen LogP contribution in [0, 0.1) is 22.7 Å². The first-order valence-electron chi connectivity index (χ1n) is 9.03. The minimum Gasteiger partial charge on any atom is -0.505 e. The average Bonchev–Trinajstić information content (AvgIpc) is 3.21. The van der Waals surface area contributed by atoms with Crippen molar-refractivity contribution in [2.24, 2.45) is 10.2 Å². The van der Waals surface area contributed by atoms with Gasteiger partial charge in [0.05, 0.1) is 5.56 Å². The maximum absolute atomic E-state index is 12.8. The number of aromatic nitrogens is 2. The number of hydrogen-bond acceptors (Lipinski definition) is 7. The van der Waals surface area contributed by atoms with Gasteiger partial charge >= 0.3 is 0 Å². The van der Waals surface area contributed by atoms with Crippen molar-refractivity contribution in [2.45, 2.75) is 0 Å². The number of fused-ring (bicyclic) bond motifs is 1. The molecular formula is C22H13N7O2. The van der Waals surface area contributed by atoms with Crippen LogP contribution in [-0.2, 0) is 0 Å². The normalized spacial score (nSPS) is 10.6. The number of imidazole rings is 1. The Kier molecular flexibility index (Phi) is 5.08. The molecule has 3 aromatic carbocycles. The molecule has 0 aliphatic heterocycles. The summed E-state index contributed by atoms with van der Waals surface area (Å²) in [7, 11) is 0. The summed E-state index contributed by atoms with van der Waals surface area (Å²) in [4.78, 5) is 19.2. The van der Waals surface area contributed by atoms with Crippen molar-refractivity contribution in [1.29, 1.82) is 10.5 Å². The number of para-hydroxylation sites is 1. The van der Waals surface area contributed by atoms with E-state index in [0.717, 1.165) is 0 Å². The molecule has 1 amide bonds. The first-order chi connectivity index (χ1) is 15.1. The van der Waals surface area contributed by atoms with Gasteiger partial charge in [0, 0.05) is 11.1 Å². The van der Waals surface area contributed by atoms with Crippen molar-refractivity contribution in [3.63, 3.8) is 0 Å². The van der Waals surface area contributed by atoms with E-state index in [1.165, 1.54) is 0 Å². The number of nitriles is 2. The van der Waals surface area contributed by atoms with Crippen molar-refractivity contribution < 1.29 is 9.90 Å². The number of nitrogens with one attached hydrogen (secondary N) is 2. The SMILES string of the molecule is N#Cc1nc(N=Nc2c(O)c(C(=O)Nc3ccccc3)cc3ccccc23)[nH]c1C#N. The van der Waals surface area contributed by atoms with Gasteiger partial charge in [-0.05, 0) is 23.6 Å². The molecule has 0 spiro atoms. The van der Waals surface area contributed by atoms with E-state index >= 15 is 0 Å². The molecule has 0 aliphatic rings. The third kappa shape index (κ3) is 3.79. The molecule has 9 heteroatoms. The number of H-pyrrole nitrogens is 1. The zero-order chi connectivity index (χ0) is 21.8. The van der Waals surface area contributed by atoms with E-state index in [1.54, 1.807) is 60.7 Å². The highest BCUT2D eigenvalue weighted by Gasteiger charge is 2.19. The monoisotopic (exact) mass is 407 g/mol. The number of amides is 1. The van der Waals surface area contributed by atoms with E-state index in [9.17, 15) is 9.90 Å². The summed E-state index contributed by atoms with van der Waals surface area (Å²) < 4.78 is 0. The lowest BCUT2D eigenvalue weighted by Crippen LogP contribution is -2.12. The molecule has 3 N–H and O–H groups in total. The van der Waals surface area contributed by atoms with Crippen LogP contribution in [0.1, 0.15) is 21.7 Å². The summed E-state index contributed by atoms with van der Waals surface area (Å²) in [6.07, 6.45) is 0. The molecule has 0 bridgehead atoms. The Hall–Kier alpha value is -5.02. The van der Waals surface area contributed by atoms with Crippen LogP contribution in [0.4, 0.5) is 17.3 Å². The molecule has 0 saturated heterocycles. The largest absolute Gasteiger partial charge is 0.505 e. The maximum Gasteiger partial charge on any atom is 0.259 e. The molecule has 0 atom stereocenters. The zero-order valence-corrected chi connectivity index (χ0v) is 15.9. The summed E-state index contributed by atoms with van der Waals surface area (Å²) in [5.74, 6) is -0.943. The Morgan fingerprint density at radius 2 is 1.77 bits per heavy atom. The molecule has 0 fully saturated rings. The summed E-state index contributed by atoms with van der Waals surface area (Å²) in [5, 5.41) is 40.8. The lowest BCUT2D eigenvalue weighted by Gasteiger charge is -2.11. The van der Waals surface area contributed by atoms with Gasteiger partial charge in [-0.3, -0.25) is 4.79 Å². The molecule has 31 heavy (non-hydrogen) atoms. The van der Waals surface area contributed by atoms with Crippen LogP contribution >= 0.6 is 0 Å². The van der Waals surface area contributed by atoms with Crippen LogP contribution in [0.15, 0.2) is 70.9 Å². The number of anilines is 1. The molecule has 0 aliphatic carbocycles. The van der Waals surface area contributed by atoms with E-state index in [2.05, 4.69) is 25.5 Å². The van der Waals surface area contributed by atoms with E-state index < -0.39 is 5.91 Å². The van der Waals surface area contributed by atoms with Crippen LogP contribution in [0.2, 0.25) is 0 Å². The number of carbonyl (C=O) groups is 1. The number of carbonyl (C=O) groups excluding carboxylic acids is 1. The molecule has 148 valence electrons. The standard InChI is InChI=1S/C22H13N7O2/c23-11-17-18(12-24)27-22(26-17)29-28-19-15-9-5-4-6-13(15)10-16(20(19)30)21(31)25-14-7-2-1-3-8-14/h1-10,30H,(H,25,31)(H,26,27). The first kappa shape index (κ1) is 19.3. The lowest BCUT2D eigenvalue weighted by atomic mass is 10.0. The van der Waals surface area contributed by atoms with Crippen LogP contribution in [0.5, 0.6) is 5.75 Å². The molecule has 0 unspecified atom stereocenters. The van der Waals surface area contributed by atoms with Gasteiger partial charge in [-0.15, -0.1) is 10.2 Å². The van der Waals surface area contributed by atoms with E-state index in [-0.39, 0.29) is 34.3 Å². The van der Waals surface area contributed by atoms with E-state index in [0.29, 0.717) is 16.5 Å². The second-order valence-corrected chi connectivity index (χ2v) is 6.37. The van der Waals surface area contributed by atoms with Crippen molar-refractivity contribution in [3.8, 4) is 17.9 Å². The topological polar surface area (TPSA) is 150 Å². The number of benzene rings is 3. The first-order valence-corrected chi connectivity index (χ1v) is 9.03. The Balaban J connectivity index is 1.78. The summed E-state index contributed by atoms with van der Waals surface area (Å²) in [6.45, 7) is 0. The highest BCUT2D eigenvalue weighted by molar-refractivity contribution is 6.11. The number of nitrogens with zero attached hydrogens (tertiary/aromatic N) is 5. The van der Waals surface area contributed by atoms with Gasteiger partial charge in [-0.1, -0.05) is 42.5 Å². The maximum atomic E-state index is 12.8. The van der Waals surface area contributed by atoms with Crippen LogP contribution < -0.4 is 5.32 Å². The fraction of sp³-hybridized carbons (Fsp3) is 0. The smallest absolute Gasteiger partial charge is 0.259 e. The van der Waals surface area contributed by atoms with Gasteiger partial charge in [0.2, 0.25) is 5.95 Å². The summed E-state index contributed by atoms with van der Waals surface area (Å²) in [5.41, 5.74) is 0.506. The van der Waals surface area contributed by atoms with Gasteiger partial charge in [0.1, 0.15) is 17.8 Å². The number of azo groups is 1. The van der Waals surface area contributed by atoms with Gasteiger partial charge in [0.25, 0.3) is 5.91 Å². The number of aromatic amines is 1. The highest BCUT2D eigenvalue weighted by atomic mass is 16.3. The molecule has 1 aromatic heterocycles. The van der Waals surface area contributed by atoms with Crippen molar-refractivity contribution in [1.82, 2.24) is 9.97 Å². The van der Waals surface area contributed by atoms with E-state index in [1.807, 2.05) is 12.1 Å². The minimum absolute atomic E-state index is 0.0198. The van der Waals surface area contributed by atoms with Gasteiger partial charge in [-0.25, -0.2) is 0 Å². The molecule has 4 aromatic rings. The number of hydrogen-bond donors (Lipinski definition) is 3. The zero-order valence-electron chi connectivity index (χ0n) is 15.9. The van der Waals surface area contributed by atoms with Crippen molar-refractivity contribution in [3.05, 3.63) is 77.6 Å².